The second-order valence-electron chi connectivity index (χ2n) is 4.86. The number of rotatable bonds is 4. The highest BCUT2D eigenvalue weighted by Crippen LogP contribution is 2.32. The number of hydrogen-bond acceptors (Lipinski definition) is 4. The van der Waals surface area contributed by atoms with E-state index in [1.54, 1.807) is 7.05 Å². The van der Waals surface area contributed by atoms with Crippen LogP contribution in [0.25, 0.3) is 0 Å². The van der Waals surface area contributed by atoms with Crippen molar-refractivity contribution < 1.29 is 14.7 Å². The molecule has 17 heavy (non-hydrogen) atoms. The average Bonchev–Trinajstić information content (AvgIpc) is 2.71. The zero-order chi connectivity index (χ0) is 12.5. The third-order valence-electron chi connectivity index (χ3n) is 3.80. The van der Waals surface area contributed by atoms with E-state index < -0.39 is 5.97 Å². The lowest BCUT2D eigenvalue weighted by Gasteiger charge is -2.50. The Morgan fingerprint density at radius 1 is 1.53 bits per heavy atom. The van der Waals surface area contributed by atoms with Crippen LogP contribution in [0.1, 0.15) is 19.3 Å². The summed E-state index contributed by atoms with van der Waals surface area (Å²) in [4.78, 5) is 24.8. The Labute approximate surface area is 100 Å². The minimum Gasteiger partial charge on any atom is -0.481 e. The summed E-state index contributed by atoms with van der Waals surface area (Å²) >= 11 is 0. The molecule has 96 valence electrons. The molecule has 2 heterocycles. The van der Waals surface area contributed by atoms with Gasteiger partial charge in [-0.1, -0.05) is 0 Å². The van der Waals surface area contributed by atoms with E-state index in [0.717, 1.165) is 19.4 Å². The number of carbonyl (C=O) groups excluding carboxylic acids is 1. The number of carbonyl (C=O) groups is 2. The zero-order valence-electron chi connectivity index (χ0n) is 10.0. The number of carboxylic acid groups (broad SMARTS) is 1. The van der Waals surface area contributed by atoms with E-state index in [4.69, 9.17) is 5.11 Å². The molecule has 2 aliphatic rings. The van der Waals surface area contributed by atoms with Crippen molar-refractivity contribution in [3.05, 3.63) is 0 Å². The van der Waals surface area contributed by atoms with Crippen LogP contribution >= 0.6 is 0 Å². The smallest absolute Gasteiger partial charge is 0.305 e. The van der Waals surface area contributed by atoms with Gasteiger partial charge in [0, 0.05) is 20.1 Å². The van der Waals surface area contributed by atoms with Crippen LogP contribution in [0.2, 0.25) is 0 Å². The van der Waals surface area contributed by atoms with Crippen molar-refractivity contribution in [2.75, 3.05) is 26.7 Å². The van der Waals surface area contributed by atoms with E-state index in [2.05, 4.69) is 15.5 Å². The van der Waals surface area contributed by atoms with Crippen LogP contribution in [0.15, 0.2) is 0 Å². The first kappa shape index (κ1) is 12.3. The molecule has 0 aliphatic carbocycles. The predicted molar refractivity (Wildman–Crippen MR) is 61.6 cm³/mol. The fraction of sp³-hybridized carbons (Fsp3) is 0.818. The Kier molecular flexibility index (Phi) is 3.35. The molecular formula is C11H19N3O3. The highest BCUT2D eigenvalue weighted by Gasteiger charge is 2.49. The van der Waals surface area contributed by atoms with Crippen LogP contribution in [0.3, 0.4) is 0 Å². The standard InChI is InChI=1S/C11H19N3O3/c1-12-10(17)8-3-2-4-14(8)11(5-9(15)16)6-13-7-11/h8,13H,2-7H2,1H3,(H,12,17)(H,15,16). The van der Waals surface area contributed by atoms with Crippen LogP contribution < -0.4 is 10.6 Å². The van der Waals surface area contributed by atoms with Crippen LogP contribution in [0, 0.1) is 0 Å². The molecule has 0 spiro atoms. The molecule has 2 fully saturated rings. The predicted octanol–water partition coefficient (Wildman–Crippen LogP) is -0.986. The van der Waals surface area contributed by atoms with Gasteiger partial charge in [-0.2, -0.15) is 0 Å². The summed E-state index contributed by atoms with van der Waals surface area (Å²) in [6.07, 6.45) is 1.88. The molecule has 6 heteroatoms. The van der Waals surface area contributed by atoms with Gasteiger partial charge in [0.15, 0.2) is 0 Å². The second-order valence-corrected chi connectivity index (χ2v) is 4.86. The summed E-state index contributed by atoms with van der Waals surface area (Å²) < 4.78 is 0. The van der Waals surface area contributed by atoms with Gasteiger partial charge in [-0.15, -0.1) is 0 Å². The number of nitrogens with one attached hydrogen (secondary N) is 2. The quantitative estimate of drug-likeness (QED) is 0.589. The Hall–Kier alpha value is -1.14. The van der Waals surface area contributed by atoms with Gasteiger partial charge in [-0.3, -0.25) is 14.5 Å². The Morgan fingerprint density at radius 2 is 2.24 bits per heavy atom. The van der Waals surface area contributed by atoms with E-state index in [9.17, 15) is 9.59 Å². The summed E-state index contributed by atoms with van der Waals surface area (Å²) in [5.41, 5.74) is -0.362. The van der Waals surface area contributed by atoms with Crippen molar-refractivity contribution in [1.82, 2.24) is 15.5 Å². The van der Waals surface area contributed by atoms with Crippen molar-refractivity contribution in [1.29, 1.82) is 0 Å². The normalized spacial score (nSPS) is 27.5. The number of amides is 1. The van der Waals surface area contributed by atoms with Gasteiger partial charge in [0.2, 0.25) is 5.91 Å². The molecule has 3 N–H and O–H groups in total. The van der Waals surface area contributed by atoms with Gasteiger partial charge in [-0.05, 0) is 19.4 Å². The van der Waals surface area contributed by atoms with Crippen molar-refractivity contribution in [3.63, 3.8) is 0 Å². The summed E-state index contributed by atoms with van der Waals surface area (Å²) in [6.45, 7) is 2.13. The van der Waals surface area contributed by atoms with Gasteiger partial charge in [0.1, 0.15) is 0 Å². The Morgan fingerprint density at radius 3 is 2.71 bits per heavy atom. The molecule has 1 amide bonds. The molecule has 0 aromatic carbocycles. The van der Waals surface area contributed by atoms with Crippen LogP contribution in [-0.2, 0) is 9.59 Å². The van der Waals surface area contributed by atoms with Crippen molar-refractivity contribution in [2.24, 2.45) is 0 Å². The molecular weight excluding hydrogens is 222 g/mol. The number of nitrogens with zero attached hydrogens (tertiary/aromatic N) is 1. The maximum atomic E-state index is 11.8. The summed E-state index contributed by atoms with van der Waals surface area (Å²) in [6, 6.07) is -0.165. The largest absolute Gasteiger partial charge is 0.481 e. The number of likely N-dealkylation sites (N-methyl/N-ethyl adjacent to an activating group) is 1. The first-order chi connectivity index (χ1) is 8.09. The Balaban J connectivity index is 2.13. The molecule has 0 saturated carbocycles. The molecule has 2 rings (SSSR count). The van der Waals surface area contributed by atoms with Crippen molar-refractivity contribution in [2.45, 2.75) is 30.8 Å². The van der Waals surface area contributed by atoms with Crippen LogP contribution in [-0.4, -0.2) is 60.1 Å². The van der Waals surface area contributed by atoms with Gasteiger partial charge in [-0.25, -0.2) is 0 Å². The topological polar surface area (TPSA) is 81.7 Å². The second kappa shape index (κ2) is 4.62. The van der Waals surface area contributed by atoms with Crippen LogP contribution in [0.5, 0.6) is 0 Å². The highest BCUT2D eigenvalue weighted by atomic mass is 16.4. The molecule has 1 atom stereocenters. The number of hydrogen-bond donors (Lipinski definition) is 3. The maximum absolute atomic E-state index is 11.8. The molecule has 6 nitrogen and oxygen atoms in total. The third kappa shape index (κ3) is 2.14. The molecule has 1 unspecified atom stereocenters. The lowest BCUT2D eigenvalue weighted by Crippen LogP contribution is -2.71. The summed E-state index contributed by atoms with van der Waals surface area (Å²) in [5.74, 6) is -0.798. The summed E-state index contributed by atoms with van der Waals surface area (Å²) in [5, 5.41) is 14.8. The first-order valence-electron chi connectivity index (χ1n) is 6.00. The third-order valence-corrected chi connectivity index (χ3v) is 3.80. The molecule has 0 radical (unpaired) electrons. The van der Waals surface area contributed by atoms with Gasteiger partial charge in [0.05, 0.1) is 18.0 Å². The molecule has 2 aliphatic heterocycles. The van der Waals surface area contributed by atoms with E-state index in [1.165, 1.54) is 0 Å². The number of aliphatic carboxylic acids is 1. The highest BCUT2D eigenvalue weighted by molar-refractivity contribution is 5.82. The monoisotopic (exact) mass is 241 g/mol. The fourth-order valence-electron chi connectivity index (χ4n) is 2.90. The minimum absolute atomic E-state index is 0.000774. The van der Waals surface area contributed by atoms with Gasteiger partial charge in [0.25, 0.3) is 0 Å². The van der Waals surface area contributed by atoms with Crippen LogP contribution in [0.4, 0.5) is 0 Å². The van der Waals surface area contributed by atoms with E-state index in [1.807, 2.05) is 0 Å². The van der Waals surface area contributed by atoms with E-state index in [-0.39, 0.29) is 23.9 Å². The summed E-state index contributed by atoms with van der Waals surface area (Å²) in [7, 11) is 1.63. The van der Waals surface area contributed by atoms with Gasteiger partial charge < -0.3 is 15.7 Å². The first-order valence-corrected chi connectivity index (χ1v) is 6.00. The van der Waals surface area contributed by atoms with Gasteiger partial charge >= 0.3 is 5.97 Å². The van der Waals surface area contributed by atoms with Crippen molar-refractivity contribution >= 4 is 11.9 Å². The molecule has 0 aromatic rings. The average molecular weight is 241 g/mol. The number of carboxylic acids is 1. The maximum Gasteiger partial charge on any atom is 0.305 e. The SMILES string of the molecule is CNC(=O)C1CCCN1C1(CC(=O)O)CNC1. The van der Waals surface area contributed by atoms with Crippen molar-refractivity contribution in [3.8, 4) is 0 Å². The minimum atomic E-state index is -0.797. The van der Waals surface area contributed by atoms with E-state index in [0.29, 0.717) is 13.1 Å². The zero-order valence-corrected chi connectivity index (χ0v) is 10.0. The molecule has 0 aromatic heterocycles. The molecule has 0 bridgehead atoms. The number of likely N-dealkylation sites (tertiary alicyclic amines) is 1. The van der Waals surface area contributed by atoms with E-state index >= 15 is 0 Å². The Bertz CT molecular complexity index is 328. The lowest BCUT2D eigenvalue weighted by molar-refractivity contribution is -0.144. The fourth-order valence-corrected chi connectivity index (χ4v) is 2.90. The lowest BCUT2D eigenvalue weighted by atomic mass is 9.85. The molecule has 2 saturated heterocycles.